The molecule has 0 spiro atoms. The van der Waals surface area contributed by atoms with E-state index in [0.29, 0.717) is 22.4 Å². The third-order valence-corrected chi connectivity index (χ3v) is 7.05. The van der Waals surface area contributed by atoms with Crippen molar-refractivity contribution >= 4 is 23.9 Å². The highest BCUT2D eigenvalue weighted by molar-refractivity contribution is 5.76. The highest BCUT2D eigenvalue weighted by atomic mass is 16.7. The molecule has 1 aliphatic rings. The molecule has 1 fully saturated rings. The molecule has 13 heteroatoms. The van der Waals surface area contributed by atoms with Gasteiger partial charge in [-0.25, -0.2) is 0 Å². The molecule has 3 aromatic rings. The minimum Gasteiger partial charge on any atom is -0.497 e. The summed E-state index contributed by atoms with van der Waals surface area (Å²) in [6.07, 6.45) is -7.44. The van der Waals surface area contributed by atoms with E-state index >= 15 is 0 Å². The maximum Gasteiger partial charge on any atom is 0.303 e. The van der Waals surface area contributed by atoms with E-state index in [1.807, 2.05) is 6.07 Å². The predicted octanol–water partition coefficient (Wildman–Crippen LogP) is 3.32. The Morgan fingerprint density at radius 1 is 0.804 bits per heavy atom. The van der Waals surface area contributed by atoms with Gasteiger partial charge in [0.15, 0.2) is 24.5 Å². The van der Waals surface area contributed by atoms with Gasteiger partial charge in [0.25, 0.3) is 5.56 Å². The number of pyridine rings is 1. The molecule has 4 rings (SSSR count). The van der Waals surface area contributed by atoms with Crippen LogP contribution in [0.3, 0.4) is 0 Å². The van der Waals surface area contributed by atoms with Crippen molar-refractivity contribution in [1.82, 2.24) is 4.57 Å². The van der Waals surface area contributed by atoms with Crippen molar-refractivity contribution in [3.05, 3.63) is 76.6 Å². The Kier molecular flexibility index (Phi) is 10.6. The second-order valence-corrected chi connectivity index (χ2v) is 10.3. The Morgan fingerprint density at radius 2 is 1.39 bits per heavy atom. The summed E-state index contributed by atoms with van der Waals surface area (Å²) in [4.78, 5) is 63.2. The van der Waals surface area contributed by atoms with Crippen molar-refractivity contribution in [3.63, 3.8) is 0 Å². The first-order chi connectivity index (χ1) is 21.9. The lowest BCUT2D eigenvalue weighted by Gasteiger charge is -2.45. The molecular formula is C33H32N2O11. The molecule has 2 aromatic carbocycles. The lowest BCUT2D eigenvalue weighted by molar-refractivity contribution is -0.268. The van der Waals surface area contributed by atoms with Gasteiger partial charge in [-0.15, -0.1) is 0 Å². The Hall–Kier alpha value is -5.48. The van der Waals surface area contributed by atoms with Crippen LogP contribution in [0, 0.1) is 11.3 Å². The Balaban J connectivity index is 2.05. The van der Waals surface area contributed by atoms with E-state index in [1.165, 1.54) is 7.11 Å². The highest BCUT2D eigenvalue weighted by Crippen LogP contribution is 2.38. The molecule has 0 unspecified atom stereocenters. The maximum absolute atomic E-state index is 14.4. The van der Waals surface area contributed by atoms with Gasteiger partial charge in [-0.2, -0.15) is 5.26 Å². The van der Waals surface area contributed by atoms with Gasteiger partial charge in [0.2, 0.25) is 0 Å². The normalized spacial score (nSPS) is 20.5. The lowest BCUT2D eigenvalue weighted by Crippen LogP contribution is -2.61. The summed E-state index contributed by atoms with van der Waals surface area (Å²) >= 11 is 0. The topological polar surface area (TPSA) is 169 Å². The van der Waals surface area contributed by atoms with E-state index in [-0.39, 0.29) is 11.3 Å². The third kappa shape index (κ3) is 7.41. The fourth-order valence-corrected chi connectivity index (χ4v) is 5.23. The molecule has 0 bridgehead atoms. The Labute approximate surface area is 264 Å². The number of esters is 4. The van der Waals surface area contributed by atoms with Crippen molar-refractivity contribution in [2.75, 3.05) is 13.7 Å². The number of benzene rings is 2. The first-order valence-electron chi connectivity index (χ1n) is 14.1. The Bertz CT molecular complexity index is 1710. The van der Waals surface area contributed by atoms with Gasteiger partial charge in [-0.1, -0.05) is 30.3 Å². The number of aromatic nitrogens is 1. The minimum absolute atomic E-state index is 0.228. The molecule has 2 heterocycles. The molecule has 0 radical (unpaired) electrons. The number of hydrogen-bond acceptors (Lipinski definition) is 12. The average Bonchev–Trinajstić information content (AvgIpc) is 3.01. The van der Waals surface area contributed by atoms with Crippen molar-refractivity contribution < 1.29 is 47.6 Å². The minimum atomic E-state index is -1.58. The van der Waals surface area contributed by atoms with Crippen LogP contribution in [-0.4, -0.2) is 66.6 Å². The van der Waals surface area contributed by atoms with Crippen molar-refractivity contribution in [1.29, 1.82) is 5.26 Å². The second-order valence-electron chi connectivity index (χ2n) is 10.3. The van der Waals surface area contributed by atoms with Crippen molar-refractivity contribution in [2.24, 2.45) is 0 Å². The standard InChI is InChI=1S/C33H32N2O11/c1-18(36)42-17-28-29(43-19(2)37)30(44-20(3)38)31(45-21(4)39)33(46-28)35-27(23-11-13-24(41-5)14-12-23)15-25(26(16-34)32(35)40)22-9-7-6-8-10-22/h6-15,28-31,33H,17H2,1-5H3/t28-,29-,30-,31-,33+/m0/s1. The van der Waals surface area contributed by atoms with Crippen LogP contribution < -0.4 is 10.3 Å². The van der Waals surface area contributed by atoms with E-state index < -0.39 is 66.7 Å². The summed E-state index contributed by atoms with van der Waals surface area (Å²) < 4.78 is 34.5. The van der Waals surface area contributed by atoms with Gasteiger partial charge < -0.3 is 28.4 Å². The third-order valence-electron chi connectivity index (χ3n) is 7.05. The molecule has 46 heavy (non-hydrogen) atoms. The van der Waals surface area contributed by atoms with Gasteiger partial charge in [-0.3, -0.25) is 28.5 Å². The van der Waals surface area contributed by atoms with E-state index in [0.717, 1.165) is 32.3 Å². The molecule has 0 aliphatic carbocycles. The van der Waals surface area contributed by atoms with E-state index in [2.05, 4.69) is 0 Å². The molecule has 0 saturated carbocycles. The predicted molar refractivity (Wildman–Crippen MR) is 160 cm³/mol. The van der Waals surface area contributed by atoms with Gasteiger partial charge in [0, 0.05) is 33.3 Å². The summed E-state index contributed by atoms with van der Waals surface area (Å²) in [5, 5.41) is 10.2. The number of carbonyl (C=O) groups is 4. The highest BCUT2D eigenvalue weighted by Gasteiger charge is 2.53. The lowest BCUT2D eigenvalue weighted by atomic mass is 9.94. The van der Waals surface area contributed by atoms with Gasteiger partial charge >= 0.3 is 23.9 Å². The summed E-state index contributed by atoms with van der Waals surface area (Å²) in [7, 11) is 1.50. The fraction of sp³-hybridized carbons (Fsp3) is 0.333. The molecule has 13 nitrogen and oxygen atoms in total. The second kappa shape index (κ2) is 14.5. The van der Waals surface area contributed by atoms with Crippen LogP contribution in [-0.2, 0) is 42.9 Å². The first-order valence-corrected chi connectivity index (χ1v) is 14.1. The number of nitriles is 1. The maximum atomic E-state index is 14.4. The van der Waals surface area contributed by atoms with Crippen LogP contribution in [0.25, 0.3) is 22.4 Å². The monoisotopic (exact) mass is 632 g/mol. The SMILES string of the molecule is COc1ccc(-c2cc(-c3ccccc3)c(C#N)c(=O)n2[C@@H]2O[C@@H](COC(C)=O)[C@H](OC(C)=O)[C@H](OC(C)=O)[C@@H]2OC(C)=O)cc1. The molecule has 240 valence electrons. The van der Waals surface area contributed by atoms with Gasteiger partial charge in [0.05, 0.1) is 12.8 Å². The zero-order valence-corrected chi connectivity index (χ0v) is 25.8. The smallest absolute Gasteiger partial charge is 0.303 e. The summed E-state index contributed by atoms with van der Waals surface area (Å²) in [5.41, 5.74) is 0.533. The van der Waals surface area contributed by atoms with E-state index in [9.17, 15) is 29.2 Å². The number of ether oxygens (including phenoxy) is 6. The Morgan fingerprint density at radius 3 is 1.93 bits per heavy atom. The zero-order valence-electron chi connectivity index (χ0n) is 25.8. The van der Waals surface area contributed by atoms with Gasteiger partial charge in [-0.05, 0) is 41.5 Å². The zero-order chi connectivity index (χ0) is 33.5. The largest absolute Gasteiger partial charge is 0.497 e. The van der Waals surface area contributed by atoms with Crippen LogP contribution in [0.15, 0.2) is 65.5 Å². The number of rotatable bonds is 9. The summed E-state index contributed by atoms with van der Waals surface area (Å²) in [6.45, 7) is 3.96. The van der Waals surface area contributed by atoms with Crippen LogP contribution in [0.5, 0.6) is 5.75 Å². The fourth-order valence-electron chi connectivity index (χ4n) is 5.23. The van der Waals surface area contributed by atoms with Crippen LogP contribution in [0.1, 0.15) is 39.5 Å². The molecule has 1 saturated heterocycles. The quantitative estimate of drug-likeness (QED) is 0.250. The first kappa shape index (κ1) is 33.4. The van der Waals surface area contributed by atoms with Crippen LogP contribution >= 0.6 is 0 Å². The summed E-state index contributed by atoms with van der Waals surface area (Å²) in [6, 6.07) is 19.1. The van der Waals surface area contributed by atoms with Crippen molar-refractivity contribution in [3.8, 4) is 34.2 Å². The van der Waals surface area contributed by atoms with Crippen molar-refractivity contribution in [2.45, 2.75) is 58.3 Å². The molecule has 1 aromatic heterocycles. The molecule has 0 amide bonds. The average molecular weight is 633 g/mol. The molecule has 0 N–H and O–H groups in total. The number of nitrogens with zero attached hydrogens (tertiary/aromatic N) is 2. The molecule has 1 aliphatic heterocycles. The van der Waals surface area contributed by atoms with Crippen LogP contribution in [0.4, 0.5) is 0 Å². The summed E-state index contributed by atoms with van der Waals surface area (Å²) in [5.74, 6) is -2.62. The number of hydrogen-bond donors (Lipinski definition) is 0. The van der Waals surface area contributed by atoms with E-state index in [4.69, 9.17) is 28.4 Å². The van der Waals surface area contributed by atoms with Gasteiger partial charge in [0.1, 0.15) is 30.1 Å². The molecule has 5 atom stereocenters. The number of carbonyl (C=O) groups excluding carboxylic acids is 4. The number of methoxy groups -OCH3 is 1. The van der Waals surface area contributed by atoms with E-state index in [1.54, 1.807) is 60.7 Å². The van der Waals surface area contributed by atoms with Crippen LogP contribution in [0.2, 0.25) is 0 Å². The molecular weight excluding hydrogens is 600 g/mol.